The van der Waals surface area contributed by atoms with Gasteiger partial charge in [-0.1, -0.05) is 48.9 Å². The van der Waals surface area contributed by atoms with Crippen LogP contribution >= 0.6 is 11.6 Å². The zero-order valence-corrected chi connectivity index (χ0v) is 18.0. The number of nitrogens with one attached hydrogen (secondary N) is 3. The summed E-state index contributed by atoms with van der Waals surface area (Å²) in [4.78, 5) is 26.3. The van der Waals surface area contributed by atoms with Gasteiger partial charge in [-0.2, -0.15) is 0 Å². The highest BCUT2D eigenvalue weighted by Gasteiger charge is 2.23. The molecule has 1 heterocycles. The first-order valence-electron chi connectivity index (χ1n) is 10.4. The smallest absolute Gasteiger partial charge is 0.319 e. The molecule has 160 valence electrons. The number of urea groups is 2. The fourth-order valence-electron chi connectivity index (χ4n) is 3.50. The Morgan fingerprint density at radius 2 is 1.73 bits per heavy atom. The predicted octanol–water partition coefficient (Wildman–Crippen LogP) is 4.65. The van der Waals surface area contributed by atoms with Crippen molar-refractivity contribution in [3.8, 4) is 0 Å². The number of nitrogens with zero attached hydrogens (tertiary/aromatic N) is 1. The summed E-state index contributed by atoms with van der Waals surface area (Å²) in [5.74, 6) is 0.367. The summed E-state index contributed by atoms with van der Waals surface area (Å²) in [6.07, 6.45) is 2.71. The van der Waals surface area contributed by atoms with Crippen LogP contribution in [0.1, 0.15) is 30.9 Å². The average Bonchev–Trinajstić information content (AvgIpc) is 2.78. The maximum absolute atomic E-state index is 12.4. The largest absolute Gasteiger partial charge is 0.338 e. The van der Waals surface area contributed by atoms with Gasteiger partial charge in [0.2, 0.25) is 0 Å². The van der Waals surface area contributed by atoms with E-state index in [1.807, 2.05) is 53.4 Å². The first-order chi connectivity index (χ1) is 14.5. The summed E-state index contributed by atoms with van der Waals surface area (Å²) >= 11 is 6.13. The highest BCUT2D eigenvalue weighted by atomic mass is 35.5. The number of rotatable bonds is 6. The number of aryl methyl sites for hydroxylation is 1. The van der Waals surface area contributed by atoms with Crippen molar-refractivity contribution in [2.75, 3.05) is 25.0 Å². The van der Waals surface area contributed by atoms with E-state index in [1.54, 1.807) is 0 Å². The summed E-state index contributed by atoms with van der Waals surface area (Å²) in [5.41, 5.74) is 2.93. The molecule has 0 spiro atoms. The van der Waals surface area contributed by atoms with Gasteiger partial charge in [0.25, 0.3) is 0 Å². The van der Waals surface area contributed by atoms with E-state index in [4.69, 9.17) is 11.6 Å². The van der Waals surface area contributed by atoms with Crippen LogP contribution in [-0.4, -0.2) is 36.6 Å². The van der Waals surface area contributed by atoms with Crippen LogP contribution in [0.2, 0.25) is 5.02 Å². The van der Waals surface area contributed by atoms with Gasteiger partial charge in [0.1, 0.15) is 0 Å². The third-order valence-electron chi connectivity index (χ3n) is 5.46. The minimum absolute atomic E-state index is 0.0744. The summed E-state index contributed by atoms with van der Waals surface area (Å²) in [6, 6.07) is 15.1. The van der Waals surface area contributed by atoms with E-state index in [9.17, 15) is 9.59 Å². The van der Waals surface area contributed by atoms with Crippen molar-refractivity contribution >= 4 is 29.4 Å². The third kappa shape index (κ3) is 6.39. The van der Waals surface area contributed by atoms with Gasteiger partial charge in [-0.15, -0.1) is 0 Å². The number of anilines is 1. The van der Waals surface area contributed by atoms with Crippen LogP contribution in [0.25, 0.3) is 0 Å². The van der Waals surface area contributed by atoms with Crippen molar-refractivity contribution in [1.29, 1.82) is 0 Å². The second-order valence-electron chi connectivity index (χ2n) is 7.57. The van der Waals surface area contributed by atoms with Gasteiger partial charge in [-0.05, 0) is 54.5 Å². The van der Waals surface area contributed by atoms with E-state index in [0.717, 1.165) is 30.5 Å². The Hall–Kier alpha value is -2.73. The van der Waals surface area contributed by atoms with Gasteiger partial charge < -0.3 is 20.9 Å². The van der Waals surface area contributed by atoms with Gasteiger partial charge >= 0.3 is 12.1 Å². The highest BCUT2D eigenvalue weighted by molar-refractivity contribution is 6.31. The second kappa shape index (κ2) is 10.9. The van der Waals surface area contributed by atoms with E-state index in [1.165, 1.54) is 5.56 Å². The van der Waals surface area contributed by atoms with Crippen molar-refractivity contribution in [2.24, 2.45) is 5.92 Å². The molecule has 0 saturated carbocycles. The molecule has 0 aromatic heterocycles. The third-order valence-corrected chi connectivity index (χ3v) is 5.83. The second-order valence-corrected chi connectivity index (χ2v) is 7.97. The summed E-state index contributed by atoms with van der Waals surface area (Å²) < 4.78 is 0. The molecule has 0 unspecified atom stereocenters. The van der Waals surface area contributed by atoms with Gasteiger partial charge in [0.15, 0.2) is 0 Å². The maximum atomic E-state index is 12.4. The Morgan fingerprint density at radius 3 is 2.40 bits per heavy atom. The number of hydrogen-bond acceptors (Lipinski definition) is 2. The SMILES string of the molecule is CCc1ccc(NC(=O)NCC2CCN(C(=O)NCc3ccccc3Cl)CC2)cc1. The number of hydrogen-bond donors (Lipinski definition) is 3. The van der Waals surface area contributed by atoms with E-state index < -0.39 is 0 Å². The molecule has 1 aliphatic heterocycles. The predicted molar refractivity (Wildman–Crippen MR) is 121 cm³/mol. The molecule has 4 amide bonds. The summed E-state index contributed by atoms with van der Waals surface area (Å²) in [6.45, 7) is 4.48. The van der Waals surface area contributed by atoms with Crippen molar-refractivity contribution < 1.29 is 9.59 Å². The quantitative estimate of drug-likeness (QED) is 0.626. The van der Waals surface area contributed by atoms with E-state index in [-0.39, 0.29) is 12.1 Å². The minimum atomic E-state index is -0.195. The van der Waals surface area contributed by atoms with Crippen LogP contribution in [0.5, 0.6) is 0 Å². The first-order valence-corrected chi connectivity index (χ1v) is 10.8. The number of halogens is 1. The van der Waals surface area contributed by atoms with Gasteiger partial charge in [0.05, 0.1) is 0 Å². The molecule has 3 N–H and O–H groups in total. The van der Waals surface area contributed by atoms with Crippen molar-refractivity contribution in [3.05, 3.63) is 64.7 Å². The van der Waals surface area contributed by atoms with Crippen molar-refractivity contribution in [1.82, 2.24) is 15.5 Å². The highest BCUT2D eigenvalue weighted by Crippen LogP contribution is 2.18. The van der Waals surface area contributed by atoms with Crippen molar-refractivity contribution in [3.63, 3.8) is 0 Å². The molecule has 3 rings (SSSR count). The molecule has 0 atom stereocenters. The molecule has 6 nitrogen and oxygen atoms in total. The maximum Gasteiger partial charge on any atom is 0.319 e. The molecular formula is C23H29ClN4O2. The standard InChI is InChI=1S/C23H29ClN4O2/c1-2-17-7-9-20(10-8-17)27-22(29)25-15-18-11-13-28(14-12-18)23(30)26-16-19-5-3-4-6-21(19)24/h3-10,18H,2,11-16H2,1H3,(H,26,30)(H2,25,27,29). The fourth-order valence-corrected chi connectivity index (χ4v) is 3.70. The molecule has 0 bridgehead atoms. The molecule has 2 aromatic rings. The number of piperidine rings is 1. The summed E-state index contributed by atoms with van der Waals surface area (Å²) in [5, 5.41) is 9.39. The lowest BCUT2D eigenvalue weighted by Gasteiger charge is -2.32. The first kappa shape index (κ1) is 22.0. The Bertz CT molecular complexity index is 849. The van der Waals surface area contributed by atoms with Gasteiger partial charge in [-0.25, -0.2) is 9.59 Å². The Morgan fingerprint density at radius 1 is 1.03 bits per heavy atom. The lowest BCUT2D eigenvalue weighted by atomic mass is 9.97. The normalized spacial score (nSPS) is 14.3. The fraction of sp³-hybridized carbons (Fsp3) is 0.391. The average molecular weight is 429 g/mol. The molecular weight excluding hydrogens is 400 g/mol. The molecule has 1 fully saturated rings. The molecule has 1 aliphatic rings. The number of benzene rings is 2. The molecule has 0 radical (unpaired) electrons. The van der Waals surface area contributed by atoms with Gasteiger partial charge in [0, 0.05) is 36.9 Å². The summed E-state index contributed by atoms with van der Waals surface area (Å²) in [7, 11) is 0. The molecule has 0 aliphatic carbocycles. The zero-order chi connectivity index (χ0) is 21.3. The van der Waals surface area contributed by atoms with E-state index >= 15 is 0 Å². The number of amides is 4. The van der Waals surface area contributed by atoms with Crippen molar-refractivity contribution in [2.45, 2.75) is 32.7 Å². The lowest BCUT2D eigenvalue weighted by molar-refractivity contribution is 0.169. The molecule has 30 heavy (non-hydrogen) atoms. The Labute approximate surface area is 183 Å². The van der Waals surface area contributed by atoms with Crippen LogP contribution in [0.3, 0.4) is 0 Å². The molecule has 1 saturated heterocycles. The monoisotopic (exact) mass is 428 g/mol. The van der Waals surface area contributed by atoms with Crippen LogP contribution < -0.4 is 16.0 Å². The number of carbonyl (C=O) groups is 2. The van der Waals surface area contributed by atoms with Crippen LogP contribution in [-0.2, 0) is 13.0 Å². The van der Waals surface area contributed by atoms with Gasteiger partial charge in [-0.3, -0.25) is 0 Å². The van der Waals surface area contributed by atoms with E-state index in [0.29, 0.717) is 37.1 Å². The molecule has 2 aromatic carbocycles. The topological polar surface area (TPSA) is 73.5 Å². The zero-order valence-electron chi connectivity index (χ0n) is 17.3. The number of likely N-dealkylation sites (tertiary alicyclic amines) is 1. The minimum Gasteiger partial charge on any atom is -0.338 e. The number of carbonyl (C=O) groups excluding carboxylic acids is 2. The lowest BCUT2D eigenvalue weighted by Crippen LogP contribution is -2.46. The molecule has 7 heteroatoms. The van der Waals surface area contributed by atoms with Crippen LogP contribution in [0.4, 0.5) is 15.3 Å². The Kier molecular flexibility index (Phi) is 7.97. The van der Waals surface area contributed by atoms with Crippen LogP contribution in [0.15, 0.2) is 48.5 Å². The van der Waals surface area contributed by atoms with E-state index in [2.05, 4.69) is 22.9 Å². The van der Waals surface area contributed by atoms with Crippen LogP contribution in [0, 0.1) is 5.92 Å². The Balaban J connectivity index is 1.35.